The van der Waals surface area contributed by atoms with E-state index in [4.69, 9.17) is 10.2 Å². The molecule has 0 aliphatic carbocycles. The highest BCUT2D eigenvalue weighted by Crippen LogP contribution is 2.24. The fourth-order valence-corrected chi connectivity index (χ4v) is 2.54. The number of nitrogens with one attached hydrogen (secondary N) is 2. The van der Waals surface area contributed by atoms with Gasteiger partial charge in [-0.15, -0.1) is 0 Å². The zero-order chi connectivity index (χ0) is 20.8. The van der Waals surface area contributed by atoms with Crippen LogP contribution >= 0.6 is 0 Å². The molecular formula is C20H18N4O5. The predicted molar refractivity (Wildman–Crippen MR) is 107 cm³/mol. The summed E-state index contributed by atoms with van der Waals surface area (Å²) in [6, 6.07) is 15.5. The van der Waals surface area contributed by atoms with Gasteiger partial charge in [-0.25, -0.2) is 0 Å². The van der Waals surface area contributed by atoms with E-state index >= 15 is 0 Å². The molecule has 1 heterocycles. The van der Waals surface area contributed by atoms with E-state index in [1.165, 1.54) is 24.3 Å². The third-order valence-corrected chi connectivity index (χ3v) is 4.03. The number of hydrogen-bond donors (Lipinski definition) is 3. The topological polar surface area (TPSA) is 140 Å². The Labute approximate surface area is 165 Å². The maximum Gasteiger partial charge on any atom is 0.287 e. The molecular weight excluding hydrogens is 376 g/mol. The van der Waals surface area contributed by atoms with E-state index in [0.717, 1.165) is 5.56 Å². The third kappa shape index (κ3) is 4.85. The summed E-state index contributed by atoms with van der Waals surface area (Å²) in [4.78, 5) is 34.3. The number of nitrogens with two attached hydrogens (primary N) is 1. The zero-order valence-corrected chi connectivity index (χ0v) is 15.3. The van der Waals surface area contributed by atoms with Crippen LogP contribution in [-0.2, 0) is 0 Å². The molecule has 29 heavy (non-hydrogen) atoms. The van der Waals surface area contributed by atoms with Gasteiger partial charge in [0.15, 0.2) is 5.76 Å². The molecule has 0 bridgehead atoms. The molecule has 0 saturated carbocycles. The van der Waals surface area contributed by atoms with Gasteiger partial charge >= 0.3 is 0 Å². The minimum Gasteiger partial charge on any atom is -0.451 e. The van der Waals surface area contributed by atoms with Crippen molar-refractivity contribution in [2.75, 3.05) is 18.4 Å². The Kier molecular flexibility index (Phi) is 6.00. The highest BCUT2D eigenvalue weighted by atomic mass is 16.6. The Hall–Kier alpha value is -3.98. The summed E-state index contributed by atoms with van der Waals surface area (Å²) >= 11 is 0. The number of nitro benzene ring substituents is 1. The third-order valence-electron chi connectivity index (χ3n) is 4.03. The van der Waals surface area contributed by atoms with Crippen molar-refractivity contribution in [2.45, 2.75) is 0 Å². The molecule has 0 spiro atoms. The second-order valence-corrected chi connectivity index (χ2v) is 6.04. The van der Waals surface area contributed by atoms with E-state index in [9.17, 15) is 19.7 Å². The van der Waals surface area contributed by atoms with E-state index < -0.39 is 4.92 Å². The molecule has 148 valence electrons. The van der Waals surface area contributed by atoms with Crippen molar-refractivity contribution < 1.29 is 18.9 Å². The Morgan fingerprint density at radius 3 is 2.28 bits per heavy atom. The fraction of sp³-hybridized carbons (Fsp3) is 0.100. The van der Waals surface area contributed by atoms with Gasteiger partial charge in [0.25, 0.3) is 17.5 Å². The predicted octanol–water partition coefficient (Wildman–Crippen LogP) is 2.80. The standard InChI is InChI=1S/C20H18N4O5/c21-11-12-22-20(26)18-10-9-17(29-18)13-1-5-15(6-2-13)23-19(25)14-3-7-16(8-4-14)24(27)28/h1-10H,11-12,21H2,(H,22,26)(H,23,25). The first kappa shape index (κ1) is 19.8. The van der Waals surface area contributed by atoms with Gasteiger partial charge in [-0.2, -0.15) is 0 Å². The van der Waals surface area contributed by atoms with Gasteiger partial charge in [0.2, 0.25) is 0 Å². The first-order valence-corrected chi connectivity index (χ1v) is 8.72. The monoisotopic (exact) mass is 394 g/mol. The summed E-state index contributed by atoms with van der Waals surface area (Å²) in [5.41, 5.74) is 6.85. The van der Waals surface area contributed by atoms with Crippen molar-refractivity contribution in [3.8, 4) is 11.3 Å². The van der Waals surface area contributed by atoms with Gasteiger partial charge in [-0.3, -0.25) is 19.7 Å². The number of carbonyl (C=O) groups excluding carboxylic acids is 2. The lowest BCUT2D eigenvalue weighted by atomic mass is 10.1. The minimum atomic E-state index is -0.525. The molecule has 0 saturated heterocycles. The molecule has 1 aromatic heterocycles. The second-order valence-electron chi connectivity index (χ2n) is 6.04. The molecule has 0 fully saturated rings. The van der Waals surface area contributed by atoms with E-state index in [1.807, 2.05) is 0 Å². The van der Waals surface area contributed by atoms with Crippen LogP contribution in [0.5, 0.6) is 0 Å². The first-order chi connectivity index (χ1) is 14.0. The summed E-state index contributed by atoms with van der Waals surface area (Å²) < 4.78 is 5.55. The summed E-state index contributed by atoms with van der Waals surface area (Å²) in [6.07, 6.45) is 0. The molecule has 0 atom stereocenters. The van der Waals surface area contributed by atoms with Crippen LogP contribution in [0.15, 0.2) is 65.1 Å². The number of hydrogen-bond acceptors (Lipinski definition) is 6. The van der Waals surface area contributed by atoms with Gasteiger partial charge in [0.05, 0.1) is 4.92 Å². The van der Waals surface area contributed by atoms with Crippen molar-refractivity contribution in [1.82, 2.24) is 5.32 Å². The Morgan fingerprint density at radius 2 is 1.66 bits per heavy atom. The van der Waals surface area contributed by atoms with Crippen molar-refractivity contribution in [1.29, 1.82) is 0 Å². The molecule has 2 aromatic carbocycles. The van der Waals surface area contributed by atoms with Crippen molar-refractivity contribution in [3.05, 3.63) is 82.1 Å². The number of rotatable bonds is 7. The van der Waals surface area contributed by atoms with Crippen LogP contribution in [0.4, 0.5) is 11.4 Å². The molecule has 0 unspecified atom stereocenters. The molecule has 0 aliphatic rings. The number of benzene rings is 2. The Bertz CT molecular complexity index is 1030. The molecule has 0 aliphatic heterocycles. The highest BCUT2D eigenvalue weighted by molar-refractivity contribution is 6.04. The van der Waals surface area contributed by atoms with Gasteiger partial charge < -0.3 is 20.8 Å². The summed E-state index contributed by atoms with van der Waals surface area (Å²) in [5.74, 6) is -0.0293. The molecule has 9 nitrogen and oxygen atoms in total. The first-order valence-electron chi connectivity index (χ1n) is 8.72. The van der Waals surface area contributed by atoms with Crippen molar-refractivity contribution >= 4 is 23.2 Å². The normalized spacial score (nSPS) is 10.4. The zero-order valence-electron chi connectivity index (χ0n) is 15.3. The number of non-ortho nitro benzene ring substituents is 1. The SMILES string of the molecule is NCCNC(=O)c1ccc(-c2ccc(NC(=O)c3ccc([N+](=O)[O-])cc3)cc2)o1. The number of anilines is 1. The number of amides is 2. The lowest BCUT2D eigenvalue weighted by Crippen LogP contribution is -2.28. The maximum atomic E-state index is 12.3. The largest absolute Gasteiger partial charge is 0.451 e. The van der Waals surface area contributed by atoms with Crippen molar-refractivity contribution in [3.63, 3.8) is 0 Å². The summed E-state index contributed by atoms with van der Waals surface area (Å²) in [7, 11) is 0. The van der Waals surface area contributed by atoms with Crippen LogP contribution in [0, 0.1) is 10.1 Å². The summed E-state index contributed by atoms with van der Waals surface area (Å²) in [5, 5.41) is 16.0. The van der Waals surface area contributed by atoms with Gasteiger partial charge in [0, 0.05) is 42.0 Å². The average Bonchev–Trinajstić information content (AvgIpc) is 3.23. The van der Waals surface area contributed by atoms with Gasteiger partial charge in [-0.1, -0.05) is 0 Å². The average molecular weight is 394 g/mol. The smallest absolute Gasteiger partial charge is 0.287 e. The number of nitrogens with zero attached hydrogens (tertiary/aromatic N) is 1. The lowest BCUT2D eigenvalue weighted by molar-refractivity contribution is -0.384. The number of nitro groups is 1. The molecule has 0 radical (unpaired) electrons. The highest BCUT2D eigenvalue weighted by Gasteiger charge is 2.13. The Balaban J connectivity index is 1.65. The van der Waals surface area contributed by atoms with E-state index in [2.05, 4.69) is 10.6 Å². The molecule has 9 heteroatoms. The molecule has 4 N–H and O–H groups in total. The number of carbonyl (C=O) groups is 2. The van der Waals surface area contributed by atoms with Crippen LogP contribution < -0.4 is 16.4 Å². The van der Waals surface area contributed by atoms with E-state index in [1.54, 1.807) is 36.4 Å². The molecule has 2 amide bonds. The lowest BCUT2D eigenvalue weighted by Gasteiger charge is -2.06. The van der Waals surface area contributed by atoms with Crippen molar-refractivity contribution in [2.24, 2.45) is 5.73 Å². The molecule has 3 aromatic rings. The van der Waals surface area contributed by atoms with E-state index in [-0.39, 0.29) is 23.3 Å². The Morgan fingerprint density at radius 1 is 0.966 bits per heavy atom. The molecule has 3 rings (SSSR count). The maximum absolute atomic E-state index is 12.3. The van der Waals surface area contributed by atoms with Crippen LogP contribution in [0.2, 0.25) is 0 Å². The summed E-state index contributed by atoms with van der Waals surface area (Å²) in [6.45, 7) is 0.699. The van der Waals surface area contributed by atoms with Crippen LogP contribution in [-0.4, -0.2) is 29.8 Å². The van der Waals surface area contributed by atoms with E-state index in [0.29, 0.717) is 30.1 Å². The quantitative estimate of drug-likeness (QED) is 0.416. The number of furan rings is 1. The van der Waals surface area contributed by atoms with Crippen LogP contribution in [0.3, 0.4) is 0 Å². The minimum absolute atomic E-state index is 0.0829. The van der Waals surface area contributed by atoms with Gasteiger partial charge in [-0.05, 0) is 48.5 Å². The fourth-order valence-electron chi connectivity index (χ4n) is 2.54. The second kappa shape index (κ2) is 8.81. The van der Waals surface area contributed by atoms with Crippen LogP contribution in [0.1, 0.15) is 20.9 Å². The van der Waals surface area contributed by atoms with Crippen LogP contribution in [0.25, 0.3) is 11.3 Å². The van der Waals surface area contributed by atoms with Gasteiger partial charge in [0.1, 0.15) is 5.76 Å².